The van der Waals surface area contributed by atoms with Crippen LogP contribution in [-0.4, -0.2) is 11.7 Å². The first-order valence-electron chi connectivity index (χ1n) is 5.28. The Hall–Kier alpha value is -1.52. The number of aromatic nitrogens is 1. The van der Waals surface area contributed by atoms with Crippen molar-refractivity contribution in [2.24, 2.45) is 5.90 Å². The van der Waals surface area contributed by atoms with Crippen LogP contribution in [0.15, 0.2) is 24.3 Å². The molecular formula is C12H16N2O2. The average Bonchev–Trinajstić information content (AvgIpc) is 2.65. The fourth-order valence-electron chi connectivity index (χ4n) is 2.01. The van der Waals surface area contributed by atoms with Gasteiger partial charge in [-0.1, -0.05) is 0 Å². The molecule has 0 amide bonds. The lowest BCUT2D eigenvalue weighted by Gasteiger charge is -2.06. The van der Waals surface area contributed by atoms with Gasteiger partial charge in [0.15, 0.2) is 0 Å². The second-order valence-electron chi connectivity index (χ2n) is 3.62. The monoisotopic (exact) mass is 220 g/mol. The van der Waals surface area contributed by atoms with Crippen molar-refractivity contribution < 1.29 is 9.57 Å². The fourth-order valence-corrected chi connectivity index (χ4v) is 2.01. The minimum Gasteiger partial charge on any atom is -0.497 e. The molecule has 2 N–H and O–H groups in total. The predicted molar refractivity (Wildman–Crippen MR) is 63.1 cm³/mol. The van der Waals surface area contributed by atoms with Crippen molar-refractivity contribution in [3.05, 3.63) is 30.0 Å². The smallest absolute Gasteiger partial charge is 0.119 e. The number of fused-ring (bicyclic) bond motifs is 1. The van der Waals surface area contributed by atoms with Crippen LogP contribution in [0.25, 0.3) is 10.9 Å². The first-order chi connectivity index (χ1) is 7.80. The van der Waals surface area contributed by atoms with E-state index in [0.717, 1.165) is 23.4 Å². The summed E-state index contributed by atoms with van der Waals surface area (Å²) in [6.45, 7) is 3.42. The molecule has 86 valence electrons. The van der Waals surface area contributed by atoms with Gasteiger partial charge in [-0.15, -0.1) is 0 Å². The molecule has 16 heavy (non-hydrogen) atoms. The van der Waals surface area contributed by atoms with E-state index in [0.29, 0.717) is 6.61 Å². The molecule has 0 radical (unpaired) electrons. The topological polar surface area (TPSA) is 49.4 Å². The van der Waals surface area contributed by atoms with Crippen LogP contribution in [0.2, 0.25) is 0 Å². The summed E-state index contributed by atoms with van der Waals surface area (Å²) in [5.41, 5.74) is 2.25. The van der Waals surface area contributed by atoms with Gasteiger partial charge in [0.05, 0.1) is 7.11 Å². The molecule has 0 aliphatic rings. The second kappa shape index (κ2) is 4.55. The zero-order chi connectivity index (χ0) is 11.5. The first kappa shape index (κ1) is 11.0. The van der Waals surface area contributed by atoms with Gasteiger partial charge in [0.1, 0.15) is 12.4 Å². The lowest BCUT2D eigenvalue weighted by molar-refractivity contribution is 0.119. The van der Waals surface area contributed by atoms with Gasteiger partial charge >= 0.3 is 0 Å². The van der Waals surface area contributed by atoms with Crippen molar-refractivity contribution >= 4 is 10.9 Å². The summed E-state index contributed by atoms with van der Waals surface area (Å²) < 4.78 is 7.38. The maximum absolute atomic E-state index is 5.20. The quantitative estimate of drug-likeness (QED) is 0.802. The zero-order valence-electron chi connectivity index (χ0n) is 9.56. The van der Waals surface area contributed by atoms with E-state index >= 15 is 0 Å². The molecule has 2 rings (SSSR count). The van der Waals surface area contributed by atoms with Crippen LogP contribution in [0.3, 0.4) is 0 Å². The van der Waals surface area contributed by atoms with Crippen LogP contribution in [0, 0.1) is 0 Å². The van der Waals surface area contributed by atoms with E-state index in [4.69, 9.17) is 15.5 Å². The van der Waals surface area contributed by atoms with Gasteiger partial charge in [0.2, 0.25) is 0 Å². The van der Waals surface area contributed by atoms with Gasteiger partial charge in [0.25, 0.3) is 0 Å². The molecular weight excluding hydrogens is 204 g/mol. The summed E-state index contributed by atoms with van der Waals surface area (Å²) in [5.74, 6) is 5.99. The number of hydrogen-bond acceptors (Lipinski definition) is 3. The molecule has 0 saturated carbocycles. The van der Waals surface area contributed by atoms with Crippen molar-refractivity contribution in [2.75, 3.05) is 7.11 Å². The predicted octanol–water partition coefficient (Wildman–Crippen LogP) is 2.06. The Balaban J connectivity index is 2.57. The fraction of sp³-hybridized carbons (Fsp3) is 0.333. The van der Waals surface area contributed by atoms with Crippen molar-refractivity contribution in [2.45, 2.75) is 20.1 Å². The first-order valence-corrected chi connectivity index (χ1v) is 5.28. The molecule has 0 spiro atoms. The molecule has 1 heterocycles. The lowest BCUT2D eigenvalue weighted by atomic mass is 10.2. The Bertz CT molecular complexity index is 491. The molecule has 1 aromatic heterocycles. The molecule has 4 heteroatoms. The van der Waals surface area contributed by atoms with E-state index in [2.05, 4.69) is 23.6 Å². The third-order valence-corrected chi connectivity index (χ3v) is 2.74. The number of nitrogens with two attached hydrogens (primary N) is 1. The minimum absolute atomic E-state index is 0.421. The number of benzene rings is 1. The molecule has 1 aromatic carbocycles. The molecule has 0 aliphatic carbocycles. The summed E-state index contributed by atoms with van der Waals surface area (Å²) >= 11 is 0. The Kier molecular flexibility index (Phi) is 3.12. The Morgan fingerprint density at radius 1 is 1.31 bits per heavy atom. The van der Waals surface area contributed by atoms with Crippen molar-refractivity contribution in [3.8, 4) is 5.75 Å². The number of methoxy groups -OCH3 is 1. The number of nitrogens with zero attached hydrogens (tertiary/aromatic N) is 1. The van der Waals surface area contributed by atoms with Gasteiger partial charge in [-0.3, -0.25) is 4.84 Å². The molecule has 0 bridgehead atoms. The largest absolute Gasteiger partial charge is 0.497 e. The van der Waals surface area contributed by atoms with E-state index in [9.17, 15) is 0 Å². The third-order valence-electron chi connectivity index (χ3n) is 2.74. The van der Waals surface area contributed by atoms with Crippen LogP contribution in [0.1, 0.15) is 12.6 Å². The standard InChI is InChI=1S/C12H16N2O2/c1-3-14-10(8-16-13)6-9-7-11(15-2)4-5-12(9)14/h4-7H,3,8,13H2,1-2H3. The SMILES string of the molecule is CCn1c(CON)cc2cc(OC)ccc21. The lowest BCUT2D eigenvalue weighted by Crippen LogP contribution is -2.05. The van der Waals surface area contributed by atoms with Gasteiger partial charge < -0.3 is 9.30 Å². The highest BCUT2D eigenvalue weighted by molar-refractivity contribution is 5.82. The van der Waals surface area contributed by atoms with E-state index < -0.39 is 0 Å². The second-order valence-corrected chi connectivity index (χ2v) is 3.62. The van der Waals surface area contributed by atoms with E-state index in [1.807, 2.05) is 12.1 Å². The Morgan fingerprint density at radius 3 is 2.75 bits per heavy atom. The summed E-state index contributed by atoms with van der Waals surface area (Å²) in [6.07, 6.45) is 0. The normalized spacial score (nSPS) is 10.9. The van der Waals surface area contributed by atoms with Crippen molar-refractivity contribution in [1.29, 1.82) is 0 Å². The van der Waals surface area contributed by atoms with Crippen molar-refractivity contribution in [1.82, 2.24) is 4.57 Å². The number of rotatable bonds is 4. The summed E-state index contributed by atoms with van der Waals surface area (Å²) in [7, 11) is 1.67. The number of aryl methyl sites for hydroxylation is 1. The van der Waals surface area contributed by atoms with E-state index in [1.165, 1.54) is 5.52 Å². The van der Waals surface area contributed by atoms with Crippen LogP contribution >= 0.6 is 0 Å². The van der Waals surface area contributed by atoms with Crippen LogP contribution in [0.5, 0.6) is 5.75 Å². The van der Waals surface area contributed by atoms with Crippen molar-refractivity contribution in [3.63, 3.8) is 0 Å². The van der Waals surface area contributed by atoms with Gasteiger partial charge in [-0.05, 0) is 31.2 Å². The number of hydrogen-bond donors (Lipinski definition) is 1. The summed E-state index contributed by atoms with van der Waals surface area (Å²) in [5, 5.41) is 1.15. The van der Waals surface area contributed by atoms with Gasteiger partial charge in [-0.2, -0.15) is 0 Å². The highest BCUT2D eigenvalue weighted by Crippen LogP contribution is 2.24. The molecule has 0 atom stereocenters. The third kappa shape index (κ3) is 1.77. The zero-order valence-corrected chi connectivity index (χ0v) is 9.56. The van der Waals surface area contributed by atoms with Gasteiger partial charge in [0, 0.05) is 23.1 Å². The Morgan fingerprint density at radius 2 is 2.12 bits per heavy atom. The van der Waals surface area contributed by atoms with Gasteiger partial charge in [-0.25, -0.2) is 5.90 Å². The minimum atomic E-state index is 0.421. The molecule has 0 fully saturated rings. The molecule has 2 aromatic rings. The molecule has 4 nitrogen and oxygen atoms in total. The summed E-state index contributed by atoms with van der Waals surface area (Å²) in [4.78, 5) is 4.70. The average molecular weight is 220 g/mol. The van der Waals surface area contributed by atoms with Crippen LogP contribution < -0.4 is 10.6 Å². The molecule has 0 aliphatic heterocycles. The highest BCUT2D eigenvalue weighted by atomic mass is 16.6. The number of ether oxygens (including phenoxy) is 1. The molecule has 0 unspecified atom stereocenters. The van der Waals surface area contributed by atoms with Crippen LogP contribution in [0.4, 0.5) is 0 Å². The Labute approximate surface area is 94.5 Å². The maximum atomic E-state index is 5.20. The highest BCUT2D eigenvalue weighted by Gasteiger charge is 2.08. The van der Waals surface area contributed by atoms with E-state index in [-0.39, 0.29) is 0 Å². The summed E-state index contributed by atoms with van der Waals surface area (Å²) in [6, 6.07) is 8.11. The molecule has 0 saturated heterocycles. The van der Waals surface area contributed by atoms with E-state index in [1.54, 1.807) is 7.11 Å². The maximum Gasteiger partial charge on any atom is 0.119 e. The van der Waals surface area contributed by atoms with Crippen LogP contribution in [-0.2, 0) is 18.0 Å².